The maximum Gasteiger partial charge on any atom is 0.208 e. The van der Waals surface area contributed by atoms with Crippen molar-refractivity contribution in [3.8, 4) is 0 Å². The van der Waals surface area contributed by atoms with E-state index < -0.39 is 22.2 Å². The van der Waals surface area contributed by atoms with Gasteiger partial charge in [-0.1, -0.05) is 12.8 Å². The Morgan fingerprint density at radius 3 is 2.61 bits per heavy atom. The molecule has 7 heteroatoms. The Morgan fingerprint density at radius 1 is 1.33 bits per heavy atom. The van der Waals surface area contributed by atoms with Crippen molar-refractivity contribution >= 4 is 10.0 Å². The number of hydrogen-bond acceptors (Lipinski definition) is 5. The second kappa shape index (κ2) is 5.83. The molecule has 3 atom stereocenters. The Kier molecular flexibility index (Phi) is 4.60. The Balaban J connectivity index is 1.79. The fourth-order valence-corrected chi connectivity index (χ4v) is 3.11. The van der Waals surface area contributed by atoms with Gasteiger partial charge in [0.2, 0.25) is 10.0 Å². The lowest BCUT2D eigenvalue weighted by Crippen LogP contribution is -2.47. The van der Waals surface area contributed by atoms with E-state index in [1.807, 2.05) is 0 Å². The van der Waals surface area contributed by atoms with E-state index in [-0.39, 0.29) is 12.6 Å². The van der Waals surface area contributed by atoms with Crippen molar-refractivity contribution in [2.45, 2.75) is 50.0 Å². The molecule has 1 saturated heterocycles. The highest BCUT2D eigenvalue weighted by molar-refractivity contribution is 7.88. The third-order valence-corrected chi connectivity index (χ3v) is 4.33. The highest BCUT2D eigenvalue weighted by atomic mass is 32.2. The summed E-state index contributed by atoms with van der Waals surface area (Å²) in [4.78, 5) is 0. The molecule has 2 aliphatic rings. The van der Waals surface area contributed by atoms with Gasteiger partial charge in [0.25, 0.3) is 0 Å². The smallest absolute Gasteiger partial charge is 0.208 e. The summed E-state index contributed by atoms with van der Waals surface area (Å²) in [6.07, 6.45) is 4.76. The monoisotopic (exact) mass is 278 g/mol. The first-order valence-corrected chi connectivity index (χ1v) is 8.35. The molecule has 2 fully saturated rings. The second-order valence-corrected chi connectivity index (χ2v) is 7.07. The number of rotatable bonds is 5. The van der Waals surface area contributed by atoms with Gasteiger partial charge in [0.15, 0.2) is 0 Å². The molecule has 0 aromatic heterocycles. The zero-order valence-electron chi connectivity index (χ0n) is 10.6. The first-order chi connectivity index (χ1) is 8.46. The fraction of sp³-hybridized carbons (Fsp3) is 1.00. The second-order valence-electron chi connectivity index (χ2n) is 5.24. The molecule has 0 aromatic rings. The van der Waals surface area contributed by atoms with Gasteiger partial charge in [0, 0.05) is 12.6 Å². The zero-order valence-corrected chi connectivity index (χ0v) is 11.4. The van der Waals surface area contributed by atoms with Gasteiger partial charge in [0.05, 0.1) is 31.1 Å². The van der Waals surface area contributed by atoms with Gasteiger partial charge < -0.3 is 15.2 Å². The van der Waals surface area contributed by atoms with Gasteiger partial charge in [-0.2, -0.15) is 0 Å². The van der Waals surface area contributed by atoms with Gasteiger partial charge in [-0.3, -0.25) is 0 Å². The van der Waals surface area contributed by atoms with Crippen LogP contribution in [0.3, 0.4) is 0 Å². The Hall–Kier alpha value is -0.210. The molecule has 1 heterocycles. The van der Waals surface area contributed by atoms with Crippen LogP contribution in [0.15, 0.2) is 0 Å². The van der Waals surface area contributed by atoms with Crippen molar-refractivity contribution in [2.24, 2.45) is 0 Å². The minimum absolute atomic E-state index is 0.0838. The molecule has 1 aliphatic carbocycles. The van der Waals surface area contributed by atoms with Crippen molar-refractivity contribution in [3.05, 3.63) is 0 Å². The van der Waals surface area contributed by atoms with Crippen LogP contribution in [0.2, 0.25) is 0 Å². The molecular formula is C11H22N2O4S. The fourth-order valence-electron chi connectivity index (χ4n) is 2.64. The van der Waals surface area contributed by atoms with Gasteiger partial charge in [-0.05, 0) is 12.8 Å². The number of nitrogens with one attached hydrogen (secondary N) is 2. The maximum absolute atomic E-state index is 11.0. The van der Waals surface area contributed by atoms with Crippen LogP contribution in [0, 0.1) is 0 Å². The van der Waals surface area contributed by atoms with Crippen molar-refractivity contribution in [2.75, 3.05) is 19.4 Å². The third-order valence-electron chi connectivity index (χ3n) is 3.63. The third kappa shape index (κ3) is 3.89. The summed E-state index contributed by atoms with van der Waals surface area (Å²) in [6.45, 7) is 0.566. The van der Waals surface area contributed by atoms with Crippen molar-refractivity contribution in [1.82, 2.24) is 10.0 Å². The molecule has 106 valence electrons. The van der Waals surface area contributed by atoms with E-state index in [1.54, 1.807) is 0 Å². The van der Waals surface area contributed by atoms with E-state index in [1.165, 1.54) is 12.8 Å². The topological polar surface area (TPSA) is 87.7 Å². The van der Waals surface area contributed by atoms with E-state index in [4.69, 9.17) is 4.74 Å². The first kappa shape index (κ1) is 14.2. The van der Waals surface area contributed by atoms with Crippen molar-refractivity contribution in [3.63, 3.8) is 0 Å². The van der Waals surface area contributed by atoms with Gasteiger partial charge in [0.1, 0.15) is 0 Å². The van der Waals surface area contributed by atoms with E-state index >= 15 is 0 Å². The predicted molar refractivity (Wildman–Crippen MR) is 67.8 cm³/mol. The summed E-state index contributed by atoms with van der Waals surface area (Å²) >= 11 is 0. The first-order valence-electron chi connectivity index (χ1n) is 6.46. The lowest BCUT2D eigenvalue weighted by molar-refractivity contribution is 0.0441. The predicted octanol–water partition coefficient (Wildman–Crippen LogP) is -0.804. The Bertz CT molecular complexity index is 367. The largest absolute Gasteiger partial charge is 0.389 e. The van der Waals surface area contributed by atoms with Crippen LogP contribution < -0.4 is 10.0 Å². The molecule has 0 radical (unpaired) electrons. The SMILES string of the molecule is CS(=O)(=O)NC[C@H]1OC[C@@H](NC2CCCC2)[C@@H]1O. The van der Waals surface area contributed by atoms with Crippen LogP contribution in [-0.4, -0.2) is 57.2 Å². The lowest BCUT2D eigenvalue weighted by atomic mass is 10.1. The molecule has 0 unspecified atom stereocenters. The number of ether oxygens (including phenoxy) is 1. The van der Waals surface area contributed by atoms with Crippen molar-refractivity contribution in [1.29, 1.82) is 0 Å². The van der Waals surface area contributed by atoms with E-state index in [0.29, 0.717) is 12.6 Å². The molecule has 0 spiro atoms. The van der Waals surface area contributed by atoms with Gasteiger partial charge >= 0.3 is 0 Å². The Morgan fingerprint density at radius 2 is 2.00 bits per heavy atom. The highest BCUT2D eigenvalue weighted by Crippen LogP contribution is 2.21. The van der Waals surface area contributed by atoms with E-state index in [0.717, 1.165) is 19.1 Å². The highest BCUT2D eigenvalue weighted by Gasteiger charge is 2.37. The summed E-state index contributed by atoms with van der Waals surface area (Å²) in [6, 6.07) is 0.384. The average molecular weight is 278 g/mol. The summed E-state index contributed by atoms with van der Waals surface area (Å²) < 4.78 is 29.8. The summed E-state index contributed by atoms with van der Waals surface area (Å²) in [5.41, 5.74) is 0. The summed E-state index contributed by atoms with van der Waals surface area (Å²) in [5, 5.41) is 13.5. The van der Waals surface area contributed by atoms with Crippen LogP contribution in [0.4, 0.5) is 0 Å². The maximum atomic E-state index is 11.0. The van der Waals surface area contributed by atoms with Gasteiger partial charge in [-0.25, -0.2) is 13.1 Å². The van der Waals surface area contributed by atoms with E-state index in [9.17, 15) is 13.5 Å². The van der Waals surface area contributed by atoms with Crippen LogP contribution in [0.5, 0.6) is 0 Å². The number of hydrogen-bond donors (Lipinski definition) is 3. The summed E-state index contributed by atoms with van der Waals surface area (Å²) in [7, 11) is -3.24. The molecule has 18 heavy (non-hydrogen) atoms. The molecule has 1 aliphatic heterocycles. The minimum atomic E-state index is -3.24. The molecule has 0 aromatic carbocycles. The van der Waals surface area contributed by atoms with Crippen LogP contribution >= 0.6 is 0 Å². The van der Waals surface area contributed by atoms with Crippen molar-refractivity contribution < 1.29 is 18.3 Å². The normalized spacial score (nSPS) is 34.2. The summed E-state index contributed by atoms with van der Waals surface area (Å²) in [5.74, 6) is 0. The van der Waals surface area contributed by atoms with E-state index in [2.05, 4.69) is 10.0 Å². The molecule has 3 N–H and O–H groups in total. The minimum Gasteiger partial charge on any atom is -0.389 e. The molecule has 2 rings (SSSR count). The lowest BCUT2D eigenvalue weighted by Gasteiger charge is -2.21. The standard InChI is InChI=1S/C11H22N2O4S/c1-18(15,16)12-6-10-11(14)9(7-17-10)13-8-4-2-3-5-8/h8-14H,2-7H2,1H3/t9-,10-,11+/m1/s1. The molecule has 6 nitrogen and oxygen atoms in total. The number of sulfonamides is 1. The molecule has 0 bridgehead atoms. The quantitative estimate of drug-likeness (QED) is 0.612. The van der Waals surface area contributed by atoms with Crippen LogP contribution in [0.25, 0.3) is 0 Å². The van der Waals surface area contributed by atoms with Crippen LogP contribution in [0.1, 0.15) is 25.7 Å². The van der Waals surface area contributed by atoms with Crippen LogP contribution in [-0.2, 0) is 14.8 Å². The average Bonchev–Trinajstić information content (AvgIpc) is 2.88. The molecular weight excluding hydrogens is 256 g/mol. The Labute approximate surface area is 108 Å². The number of aliphatic hydroxyl groups excluding tert-OH is 1. The molecule has 0 amide bonds. The number of aliphatic hydroxyl groups is 1. The zero-order chi connectivity index (χ0) is 13.2. The van der Waals surface area contributed by atoms with Gasteiger partial charge in [-0.15, -0.1) is 0 Å². The molecule has 1 saturated carbocycles.